The molecule has 0 aromatic heterocycles. The Labute approximate surface area is 550 Å². The summed E-state index contributed by atoms with van der Waals surface area (Å²) in [7, 11) is 0. The number of nitrogens with zero attached hydrogens (tertiary/aromatic N) is 6. The third-order valence-electron chi connectivity index (χ3n) is 12.1. The summed E-state index contributed by atoms with van der Waals surface area (Å²) in [5.41, 5.74) is 57.6. The summed E-state index contributed by atoms with van der Waals surface area (Å²) in [5.74, 6) is 3.14. The normalized spacial score (nSPS) is 11.2. The van der Waals surface area contributed by atoms with E-state index in [4.69, 9.17) is 136 Å². The van der Waals surface area contributed by atoms with Gasteiger partial charge in [0.15, 0.2) is 30.7 Å². The topological polar surface area (TPSA) is 358 Å². The van der Waals surface area contributed by atoms with Crippen molar-refractivity contribution in [3.63, 3.8) is 0 Å². The van der Waals surface area contributed by atoms with Crippen LogP contribution in [0.1, 0.15) is 66.8 Å². The smallest absolute Gasteiger partial charge is 0.184 e. The molecule has 0 saturated carbocycles. The van der Waals surface area contributed by atoms with Gasteiger partial charge in [-0.1, -0.05) is 0 Å². The summed E-state index contributed by atoms with van der Waals surface area (Å²) in [4.78, 5) is 0. The Balaban J connectivity index is 1.43. The second kappa shape index (κ2) is 35.3. The summed E-state index contributed by atoms with van der Waals surface area (Å²) in [6.45, 7) is -0.160. The lowest BCUT2D eigenvalue weighted by Gasteiger charge is -2.28. The SMILES string of the molecule is NC(=S)N/N=C/c1ccc(OCc2c(COc3ccc(/C=N/NC(N)=S)cc3)c(COc3ccc(/C=N/NC(N)=S)cc3)c(COc3ccc(/C=N/NC(N)=S)cc3)c(COc3ccc(/C=N/NC(N)=S)cc3)c2COc2ccc(/C=N/NC(N)=S)cc2)cc1. The van der Waals surface area contributed by atoms with Crippen LogP contribution in [-0.2, 0) is 39.6 Å². The monoisotopic (exact) mass is 1320 g/mol. The zero-order valence-electron chi connectivity index (χ0n) is 47.6. The molecule has 0 heterocycles. The molecule has 7 rings (SSSR count). The van der Waals surface area contributed by atoms with Gasteiger partial charge < -0.3 is 62.8 Å². The third kappa shape index (κ3) is 23.3. The molecule has 462 valence electrons. The molecule has 0 fully saturated rings. The second-order valence-electron chi connectivity index (χ2n) is 18.4. The number of hydrazone groups is 6. The summed E-state index contributed by atoms with van der Waals surface area (Å²) >= 11 is 29.5. The molecule has 0 saturated heterocycles. The van der Waals surface area contributed by atoms with Crippen LogP contribution in [0.25, 0.3) is 0 Å². The van der Waals surface area contributed by atoms with Crippen LogP contribution >= 0.6 is 73.3 Å². The number of rotatable bonds is 30. The number of hydrogen-bond donors (Lipinski definition) is 12. The molecule has 30 heteroatoms. The van der Waals surface area contributed by atoms with E-state index in [0.29, 0.717) is 67.9 Å². The van der Waals surface area contributed by atoms with Gasteiger partial charge in [-0.05, 0) is 252 Å². The first-order valence-corrected chi connectivity index (χ1v) is 29.0. The average molecular weight is 1320 g/mol. The minimum absolute atomic E-state index is 0.0258. The Kier molecular flexibility index (Phi) is 26.3. The second-order valence-corrected chi connectivity index (χ2v) is 21.1. The van der Waals surface area contributed by atoms with E-state index in [1.54, 1.807) is 37.3 Å². The van der Waals surface area contributed by atoms with Gasteiger partial charge in [-0.3, -0.25) is 32.6 Å². The van der Waals surface area contributed by atoms with Crippen molar-refractivity contribution in [1.29, 1.82) is 0 Å². The molecular weight excluding hydrogens is 1260 g/mol. The molecule has 7 aromatic rings. The number of thiocarbonyl (C=S) groups is 6. The molecule has 0 spiro atoms. The van der Waals surface area contributed by atoms with Gasteiger partial charge in [0, 0.05) is 33.4 Å². The molecule has 0 aliphatic heterocycles. The van der Waals surface area contributed by atoms with E-state index in [9.17, 15) is 0 Å². The fourth-order valence-corrected chi connectivity index (χ4v) is 8.31. The van der Waals surface area contributed by atoms with Gasteiger partial charge in [0.25, 0.3) is 0 Å². The van der Waals surface area contributed by atoms with Crippen LogP contribution in [0.4, 0.5) is 0 Å². The predicted octanol–water partition coefficient (Wildman–Crippen LogP) is 6.16. The van der Waals surface area contributed by atoms with Crippen LogP contribution in [0.3, 0.4) is 0 Å². The summed E-state index contributed by atoms with van der Waals surface area (Å²) < 4.78 is 40.8. The Morgan fingerprint density at radius 1 is 0.244 bits per heavy atom. The molecule has 24 nitrogen and oxygen atoms in total. The number of nitrogens with one attached hydrogen (secondary N) is 6. The van der Waals surface area contributed by atoms with Gasteiger partial charge >= 0.3 is 0 Å². The molecule has 0 aliphatic carbocycles. The van der Waals surface area contributed by atoms with Crippen LogP contribution in [0.2, 0.25) is 0 Å². The number of hydrogen-bond acceptors (Lipinski definition) is 18. The quantitative estimate of drug-likeness (QED) is 0.0136. The van der Waals surface area contributed by atoms with Crippen molar-refractivity contribution in [2.24, 2.45) is 65.0 Å². The Bertz CT molecular complexity index is 3140. The Hall–Kier alpha value is -10.5. The Morgan fingerprint density at radius 2 is 0.367 bits per heavy atom. The maximum absolute atomic E-state index is 6.79. The van der Waals surface area contributed by atoms with E-state index < -0.39 is 0 Å². The van der Waals surface area contributed by atoms with Crippen molar-refractivity contribution in [2.75, 3.05) is 0 Å². The van der Waals surface area contributed by atoms with Crippen LogP contribution < -0.4 is 95.4 Å². The minimum Gasteiger partial charge on any atom is -0.489 e. The van der Waals surface area contributed by atoms with E-state index in [0.717, 1.165) is 33.4 Å². The first-order valence-electron chi connectivity index (χ1n) is 26.6. The van der Waals surface area contributed by atoms with Crippen LogP contribution in [0.5, 0.6) is 34.5 Å². The van der Waals surface area contributed by atoms with Crippen LogP contribution in [0.15, 0.2) is 176 Å². The van der Waals surface area contributed by atoms with E-state index in [2.05, 4.69) is 63.2 Å². The highest BCUT2D eigenvalue weighted by atomic mass is 32.1. The number of benzene rings is 7. The average Bonchev–Trinajstić information content (AvgIpc) is 1.98. The summed E-state index contributed by atoms with van der Waals surface area (Å²) in [6.07, 6.45) is 9.48. The number of ether oxygens (including phenoxy) is 6. The highest BCUT2D eigenvalue weighted by Gasteiger charge is 2.27. The minimum atomic E-state index is -0.0267. The predicted molar refractivity (Wildman–Crippen MR) is 376 cm³/mol. The lowest BCUT2D eigenvalue weighted by atomic mass is 9.87. The highest BCUT2D eigenvalue weighted by Crippen LogP contribution is 2.36. The molecule has 18 N–H and O–H groups in total. The summed E-state index contributed by atoms with van der Waals surface area (Å²) in [6, 6.07) is 43.8. The molecule has 0 radical (unpaired) electrons. The fraction of sp³-hybridized carbons (Fsp3) is 0.100. The van der Waals surface area contributed by atoms with Crippen LogP contribution in [0, 0.1) is 0 Å². The standard InChI is InChI=1S/C60H60N18O6S6/c61-55(85)73-67-25-37-1-13-43(14-2-37)79-31-49-50(32-80-44-15-3-38(4-16-44)26-68-74-56(62)86)52(34-82-46-19-7-40(8-20-46)28-70-76-58(64)88)54(36-84-48-23-11-42(12-24-48)30-72-78-60(66)90)53(35-83-47-21-9-41(10-22-47)29-71-77-59(65)89)51(49)33-81-45-17-5-39(6-18-45)27-69-75-57(63)87/h1-30H,31-36H2,(H3,61,73,85)(H3,62,74,86)(H3,63,75,87)(H3,64,76,88)(H3,65,77,89)(H3,66,78,90)/b67-25+,68-26+,69-27+,70-28+,71-29+,72-30+. The molecule has 0 unspecified atom stereocenters. The number of nitrogens with two attached hydrogens (primary N) is 6. The maximum atomic E-state index is 6.79. The molecule has 0 atom stereocenters. The van der Waals surface area contributed by atoms with Gasteiger partial charge in [0.05, 0.1) is 37.3 Å². The van der Waals surface area contributed by atoms with Crippen molar-refractivity contribution < 1.29 is 28.4 Å². The lowest BCUT2D eigenvalue weighted by molar-refractivity contribution is 0.249. The van der Waals surface area contributed by atoms with Crippen molar-refractivity contribution in [2.45, 2.75) is 39.6 Å². The van der Waals surface area contributed by atoms with Gasteiger partial charge in [0.1, 0.15) is 74.1 Å². The van der Waals surface area contributed by atoms with E-state index in [1.807, 2.05) is 146 Å². The molecule has 90 heavy (non-hydrogen) atoms. The summed E-state index contributed by atoms with van der Waals surface area (Å²) in [5, 5.41) is 24.8. The zero-order valence-corrected chi connectivity index (χ0v) is 52.5. The van der Waals surface area contributed by atoms with Crippen LogP contribution in [-0.4, -0.2) is 68.0 Å². The first kappa shape index (κ1) is 67.0. The van der Waals surface area contributed by atoms with E-state index in [-0.39, 0.29) is 70.3 Å². The lowest BCUT2D eigenvalue weighted by Crippen LogP contribution is -2.24. The highest BCUT2D eigenvalue weighted by molar-refractivity contribution is 7.81. The van der Waals surface area contributed by atoms with Gasteiger partial charge in [-0.2, -0.15) is 30.6 Å². The van der Waals surface area contributed by atoms with Crippen molar-refractivity contribution >= 4 is 141 Å². The molecule has 7 aromatic carbocycles. The molecule has 0 bridgehead atoms. The zero-order chi connectivity index (χ0) is 64.0. The van der Waals surface area contributed by atoms with Gasteiger partial charge in [-0.15, -0.1) is 0 Å². The Morgan fingerprint density at radius 3 is 0.478 bits per heavy atom. The fourth-order valence-electron chi connectivity index (χ4n) is 7.99. The van der Waals surface area contributed by atoms with Crippen molar-refractivity contribution in [3.05, 3.63) is 212 Å². The first-order chi connectivity index (χ1) is 43.5. The van der Waals surface area contributed by atoms with Gasteiger partial charge in [0.2, 0.25) is 0 Å². The largest absolute Gasteiger partial charge is 0.489 e. The van der Waals surface area contributed by atoms with Gasteiger partial charge in [-0.25, -0.2) is 0 Å². The van der Waals surface area contributed by atoms with E-state index in [1.165, 1.54) is 0 Å². The third-order valence-corrected chi connectivity index (χ3v) is 12.6. The van der Waals surface area contributed by atoms with E-state index >= 15 is 0 Å². The molecule has 0 aliphatic rings. The van der Waals surface area contributed by atoms with Crippen molar-refractivity contribution in [3.8, 4) is 34.5 Å². The van der Waals surface area contributed by atoms with Crippen molar-refractivity contribution in [1.82, 2.24) is 32.6 Å². The molecule has 0 amide bonds. The molecular formula is C60H60N18O6S6. The maximum Gasteiger partial charge on any atom is 0.184 e.